The van der Waals surface area contributed by atoms with Gasteiger partial charge in [-0.05, 0) is 24.6 Å². The van der Waals surface area contributed by atoms with E-state index in [1.165, 1.54) is 11.7 Å². The van der Waals surface area contributed by atoms with Gasteiger partial charge in [0.1, 0.15) is 17.0 Å². The van der Waals surface area contributed by atoms with Crippen LogP contribution in [0.1, 0.15) is 12.5 Å². The average Bonchev–Trinajstić information content (AvgIpc) is 3.27. The molecular formula is C22H19N5O4. The molecule has 0 N–H and O–H groups in total. The molecule has 1 aliphatic rings. The van der Waals surface area contributed by atoms with E-state index in [1.54, 1.807) is 24.5 Å². The summed E-state index contributed by atoms with van der Waals surface area (Å²) in [7, 11) is 1.53. The van der Waals surface area contributed by atoms with E-state index in [4.69, 9.17) is 14.2 Å². The van der Waals surface area contributed by atoms with Crippen molar-refractivity contribution in [2.24, 2.45) is 0 Å². The number of nitrogens with zero attached hydrogens (tertiary/aromatic N) is 5. The fourth-order valence-corrected chi connectivity index (χ4v) is 3.53. The molecule has 0 saturated heterocycles. The summed E-state index contributed by atoms with van der Waals surface area (Å²) in [4.78, 5) is 31.0. The average molecular weight is 417 g/mol. The number of pyridine rings is 1. The molecule has 0 fully saturated rings. The summed E-state index contributed by atoms with van der Waals surface area (Å²) in [6.45, 7) is 2.88. The highest BCUT2D eigenvalue weighted by molar-refractivity contribution is 5.76. The first-order chi connectivity index (χ1) is 15.2. The Labute approximate surface area is 177 Å². The van der Waals surface area contributed by atoms with E-state index < -0.39 is 0 Å². The summed E-state index contributed by atoms with van der Waals surface area (Å²) in [5.74, 6) is 1.22. The number of benzene rings is 1. The molecular weight excluding hydrogens is 398 g/mol. The Morgan fingerprint density at radius 1 is 1.13 bits per heavy atom. The highest BCUT2D eigenvalue weighted by atomic mass is 16.5. The third-order valence-electron chi connectivity index (χ3n) is 5.01. The second-order valence-corrected chi connectivity index (χ2v) is 6.88. The summed E-state index contributed by atoms with van der Waals surface area (Å²) in [5.41, 5.74) is 3.03. The van der Waals surface area contributed by atoms with Gasteiger partial charge in [-0.25, -0.2) is 15.0 Å². The third kappa shape index (κ3) is 3.33. The van der Waals surface area contributed by atoms with Gasteiger partial charge in [0.05, 0.1) is 38.4 Å². The Hall–Kier alpha value is -4.01. The number of aromatic nitrogens is 5. The molecule has 0 aliphatic carbocycles. The van der Waals surface area contributed by atoms with Crippen molar-refractivity contribution >= 4 is 11.2 Å². The zero-order valence-corrected chi connectivity index (χ0v) is 17.0. The highest BCUT2D eigenvalue weighted by Crippen LogP contribution is 2.30. The zero-order chi connectivity index (χ0) is 21.4. The molecule has 1 aliphatic heterocycles. The Bertz CT molecular complexity index is 1330. The first-order valence-corrected chi connectivity index (χ1v) is 9.87. The van der Waals surface area contributed by atoms with Gasteiger partial charge in [0, 0.05) is 18.1 Å². The maximum Gasteiger partial charge on any atom is 0.318 e. The van der Waals surface area contributed by atoms with Crippen LogP contribution in [0.4, 0.5) is 0 Å². The van der Waals surface area contributed by atoms with Crippen molar-refractivity contribution in [2.45, 2.75) is 13.3 Å². The van der Waals surface area contributed by atoms with Gasteiger partial charge in [-0.2, -0.15) is 4.98 Å². The highest BCUT2D eigenvalue weighted by Gasteiger charge is 2.19. The fraction of sp³-hybridized carbons (Fsp3) is 0.227. The predicted octanol–water partition coefficient (Wildman–Crippen LogP) is 2.58. The molecule has 31 heavy (non-hydrogen) atoms. The summed E-state index contributed by atoms with van der Waals surface area (Å²) < 4.78 is 17.7. The molecule has 0 atom stereocenters. The van der Waals surface area contributed by atoms with Crippen molar-refractivity contribution in [2.75, 3.05) is 20.3 Å². The van der Waals surface area contributed by atoms with Crippen molar-refractivity contribution < 1.29 is 14.2 Å². The SMILES string of the molecule is CCOc1ncc2nc(-c3ccc4c(c3)OCC4)c(=O)n(-c3ccc(OC)nc3)c2n1. The van der Waals surface area contributed by atoms with E-state index in [0.29, 0.717) is 41.5 Å². The van der Waals surface area contributed by atoms with E-state index in [0.717, 1.165) is 17.7 Å². The molecule has 0 amide bonds. The van der Waals surface area contributed by atoms with Crippen LogP contribution in [0.25, 0.3) is 28.1 Å². The number of ether oxygens (including phenoxy) is 3. The Morgan fingerprint density at radius 3 is 2.81 bits per heavy atom. The monoisotopic (exact) mass is 417 g/mol. The molecule has 156 valence electrons. The van der Waals surface area contributed by atoms with Crippen LogP contribution in [0, 0.1) is 0 Å². The molecule has 3 aromatic heterocycles. The van der Waals surface area contributed by atoms with Gasteiger partial charge in [-0.3, -0.25) is 9.36 Å². The van der Waals surface area contributed by atoms with E-state index in [9.17, 15) is 4.79 Å². The van der Waals surface area contributed by atoms with E-state index in [1.807, 2.05) is 25.1 Å². The largest absolute Gasteiger partial charge is 0.493 e. The predicted molar refractivity (Wildman–Crippen MR) is 113 cm³/mol. The lowest BCUT2D eigenvalue weighted by Gasteiger charge is -2.13. The topological polar surface area (TPSA) is 101 Å². The number of hydrogen-bond acceptors (Lipinski definition) is 8. The van der Waals surface area contributed by atoms with Crippen LogP contribution < -0.4 is 19.8 Å². The molecule has 4 heterocycles. The van der Waals surface area contributed by atoms with Crippen LogP contribution in [0.15, 0.2) is 47.5 Å². The number of rotatable bonds is 5. The molecule has 0 spiro atoms. The molecule has 9 nitrogen and oxygen atoms in total. The smallest absolute Gasteiger partial charge is 0.318 e. The Balaban J connectivity index is 1.77. The minimum Gasteiger partial charge on any atom is -0.493 e. The van der Waals surface area contributed by atoms with Crippen LogP contribution in [-0.2, 0) is 6.42 Å². The van der Waals surface area contributed by atoms with Crippen molar-refractivity contribution in [3.63, 3.8) is 0 Å². The number of methoxy groups -OCH3 is 1. The maximum absolute atomic E-state index is 13.6. The van der Waals surface area contributed by atoms with Crippen LogP contribution in [-0.4, -0.2) is 44.8 Å². The number of hydrogen-bond donors (Lipinski definition) is 0. The number of fused-ring (bicyclic) bond motifs is 2. The van der Waals surface area contributed by atoms with Crippen LogP contribution in [0.5, 0.6) is 17.6 Å². The molecule has 0 unspecified atom stereocenters. The van der Waals surface area contributed by atoms with E-state index in [2.05, 4.69) is 19.9 Å². The molecule has 0 bridgehead atoms. The lowest BCUT2D eigenvalue weighted by atomic mass is 10.1. The van der Waals surface area contributed by atoms with Gasteiger partial charge in [-0.15, -0.1) is 0 Å². The van der Waals surface area contributed by atoms with Gasteiger partial charge >= 0.3 is 6.01 Å². The van der Waals surface area contributed by atoms with Crippen molar-refractivity contribution in [1.29, 1.82) is 0 Å². The molecule has 9 heteroatoms. The van der Waals surface area contributed by atoms with Crippen molar-refractivity contribution in [1.82, 2.24) is 24.5 Å². The standard InChI is InChI=1S/C22H19N5O4/c1-3-30-22-24-12-16-20(26-22)27(15-6-7-18(29-2)23-11-15)21(28)19(25-16)14-5-4-13-8-9-31-17(13)10-14/h4-7,10-12H,3,8-9H2,1-2H3. The van der Waals surface area contributed by atoms with Gasteiger partial charge in [0.25, 0.3) is 5.56 Å². The van der Waals surface area contributed by atoms with Crippen LogP contribution in [0.2, 0.25) is 0 Å². The quantitative estimate of drug-likeness (QED) is 0.488. The second-order valence-electron chi connectivity index (χ2n) is 6.88. The molecule has 0 saturated carbocycles. The van der Waals surface area contributed by atoms with Crippen molar-refractivity contribution in [3.05, 3.63) is 58.6 Å². The molecule has 5 rings (SSSR count). The Kier molecular flexibility index (Phi) is 4.70. The van der Waals surface area contributed by atoms with Crippen LogP contribution >= 0.6 is 0 Å². The van der Waals surface area contributed by atoms with Crippen LogP contribution in [0.3, 0.4) is 0 Å². The minimum atomic E-state index is -0.335. The lowest BCUT2D eigenvalue weighted by Crippen LogP contribution is -2.23. The zero-order valence-electron chi connectivity index (χ0n) is 17.0. The summed E-state index contributed by atoms with van der Waals surface area (Å²) in [6, 6.07) is 9.30. The summed E-state index contributed by atoms with van der Waals surface area (Å²) in [6.07, 6.45) is 3.96. The van der Waals surface area contributed by atoms with Gasteiger partial charge in [-0.1, -0.05) is 12.1 Å². The molecule has 0 radical (unpaired) electrons. The summed E-state index contributed by atoms with van der Waals surface area (Å²) >= 11 is 0. The second kappa shape index (κ2) is 7.67. The third-order valence-corrected chi connectivity index (χ3v) is 5.01. The van der Waals surface area contributed by atoms with Gasteiger partial charge in [0.15, 0.2) is 5.65 Å². The molecule has 1 aromatic carbocycles. The lowest BCUT2D eigenvalue weighted by molar-refractivity contribution is 0.313. The fourth-order valence-electron chi connectivity index (χ4n) is 3.53. The maximum atomic E-state index is 13.6. The van der Waals surface area contributed by atoms with Gasteiger partial charge < -0.3 is 14.2 Å². The van der Waals surface area contributed by atoms with Gasteiger partial charge in [0.2, 0.25) is 5.88 Å². The first kappa shape index (κ1) is 19.0. The van der Waals surface area contributed by atoms with E-state index >= 15 is 0 Å². The molecule has 4 aromatic rings. The van der Waals surface area contributed by atoms with E-state index in [-0.39, 0.29) is 17.3 Å². The Morgan fingerprint density at radius 2 is 2.03 bits per heavy atom. The van der Waals surface area contributed by atoms with Crippen molar-refractivity contribution in [3.8, 4) is 34.6 Å². The minimum absolute atomic E-state index is 0.171. The normalized spacial score (nSPS) is 12.5. The summed E-state index contributed by atoms with van der Waals surface area (Å²) in [5, 5.41) is 0. The first-order valence-electron chi connectivity index (χ1n) is 9.87.